The van der Waals surface area contributed by atoms with Crippen LogP contribution in [-0.4, -0.2) is 50.3 Å². The average molecular weight is 446 g/mol. The molecule has 1 aromatic carbocycles. The highest BCUT2D eigenvalue weighted by atomic mass is 35.5. The van der Waals surface area contributed by atoms with E-state index in [1.165, 1.54) is 44.4 Å². The van der Waals surface area contributed by atoms with Gasteiger partial charge >= 0.3 is 5.97 Å². The molecular formula is C17H17Cl2N3O5S. The Kier molecular flexibility index (Phi) is 7.00. The van der Waals surface area contributed by atoms with E-state index in [0.29, 0.717) is 10.7 Å². The van der Waals surface area contributed by atoms with Crippen molar-refractivity contribution in [1.29, 1.82) is 0 Å². The van der Waals surface area contributed by atoms with Gasteiger partial charge in [-0.2, -0.15) is 0 Å². The number of hydrogen-bond donors (Lipinski definition) is 1. The number of carbonyl (C=O) groups is 2. The average Bonchev–Trinajstić information content (AvgIpc) is 2.64. The van der Waals surface area contributed by atoms with Crippen LogP contribution in [-0.2, 0) is 19.6 Å². The van der Waals surface area contributed by atoms with Gasteiger partial charge in [0.2, 0.25) is 10.0 Å². The smallest absolute Gasteiger partial charge is 0.338 e. The number of rotatable bonds is 6. The maximum Gasteiger partial charge on any atom is 0.338 e. The molecule has 1 N–H and O–H groups in total. The monoisotopic (exact) mass is 445 g/mol. The molecule has 0 atom stereocenters. The van der Waals surface area contributed by atoms with Crippen molar-refractivity contribution < 1.29 is 22.7 Å². The molecule has 0 saturated carbocycles. The second-order valence-corrected chi connectivity index (χ2v) is 8.79. The highest BCUT2D eigenvalue weighted by Crippen LogP contribution is 2.25. The Labute approximate surface area is 172 Å². The highest BCUT2D eigenvalue weighted by Gasteiger charge is 2.18. The van der Waals surface area contributed by atoms with Gasteiger partial charge < -0.3 is 10.1 Å². The van der Waals surface area contributed by atoms with E-state index in [0.717, 1.165) is 4.31 Å². The SMILES string of the molecule is Cc1nc(NC(=O)COC(=O)c2ccc(S(=O)(=O)N(C)C)cc2)c(Cl)cc1Cl. The summed E-state index contributed by atoms with van der Waals surface area (Å²) in [5.41, 5.74) is 0.579. The van der Waals surface area contributed by atoms with Gasteiger partial charge in [0, 0.05) is 14.1 Å². The molecule has 0 unspecified atom stereocenters. The van der Waals surface area contributed by atoms with Crippen LogP contribution in [0.25, 0.3) is 0 Å². The lowest BCUT2D eigenvalue weighted by Gasteiger charge is -2.11. The molecule has 1 aromatic heterocycles. The summed E-state index contributed by atoms with van der Waals surface area (Å²) < 4.78 is 30.0. The third-order valence-corrected chi connectivity index (χ3v) is 6.07. The molecule has 0 fully saturated rings. The minimum absolute atomic E-state index is 0.0330. The first-order valence-corrected chi connectivity index (χ1v) is 10.0. The van der Waals surface area contributed by atoms with Crippen molar-refractivity contribution in [1.82, 2.24) is 9.29 Å². The number of esters is 1. The van der Waals surface area contributed by atoms with E-state index >= 15 is 0 Å². The number of sulfonamides is 1. The Hall–Kier alpha value is -2.20. The van der Waals surface area contributed by atoms with Gasteiger partial charge in [-0.25, -0.2) is 22.5 Å². The fourth-order valence-electron chi connectivity index (χ4n) is 2.00. The molecule has 0 aliphatic heterocycles. The number of benzene rings is 1. The summed E-state index contributed by atoms with van der Waals surface area (Å²) in [6.07, 6.45) is 0. The van der Waals surface area contributed by atoms with Crippen molar-refractivity contribution in [3.05, 3.63) is 51.6 Å². The van der Waals surface area contributed by atoms with Crippen molar-refractivity contribution in [2.75, 3.05) is 26.0 Å². The fraction of sp³-hybridized carbons (Fsp3) is 0.235. The second-order valence-electron chi connectivity index (χ2n) is 5.82. The van der Waals surface area contributed by atoms with Crippen molar-refractivity contribution >= 4 is 50.9 Å². The van der Waals surface area contributed by atoms with Gasteiger partial charge in [-0.15, -0.1) is 0 Å². The van der Waals surface area contributed by atoms with Crippen LogP contribution in [0.1, 0.15) is 16.1 Å². The summed E-state index contributed by atoms with van der Waals surface area (Å²) >= 11 is 11.8. The topological polar surface area (TPSA) is 106 Å². The maximum absolute atomic E-state index is 12.0. The fourth-order valence-corrected chi connectivity index (χ4v) is 3.31. The van der Waals surface area contributed by atoms with Gasteiger partial charge in [0.1, 0.15) is 0 Å². The van der Waals surface area contributed by atoms with Gasteiger partial charge in [0.15, 0.2) is 12.4 Å². The normalized spacial score (nSPS) is 11.4. The van der Waals surface area contributed by atoms with Crippen LogP contribution in [0.5, 0.6) is 0 Å². The molecule has 28 heavy (non-hydrogen) atoms. The second kappa shape index (κ2) is 8.87. The van der Waals surface area contributed by atoms with E-state index in [1.807, 2.05) is 0 Å². The van der Waals surface area contributed by atoms with E-state index < -0.39 is 28.5 Å². The molecule has 2 aromatic rings. The van der Waals surface area contributed by atoms with Crippen LogP contribution in [0.3, 0.4) is 0 Å². The molecule has 0 bridgehead atoms. The molecule has 0 saturated heterocycles. The summed E-state index contributed by atoms with van der Waals surface area (Å²) in [6.45, 7) is 1.07. The molecule has 0 aliphatic carbocycles. The summed E-state index contributed by atoms with van der Waals surface area (Å²) in [7, 11) is -0.798. The Morgan fingerprint density at radius 2 is 1.75 bits per heavy atom. The van der Waals surface area contributed by atoms with Gasteiger partial charge in [0.05, 0.1) is 26.2 Å². The molecule has 150 valence electrons. The quantitative estimate of drug-likeness (QED) is 0.685. The number of amides is 1. The van der Waals surface area contributed by atoms with Crippen molar-refractivity contribution in [3.63, 3.8) is 0 Å². The molecule has 2 rings (SSSR count). The van der Waals surface area contributed by atoms with Crippen molar-refractivity contribution in [3.8, 4) is 0 Å². The largest absolute Gasteiger partial charge is 0.452 e. The predicted octanol–water partition coefficient (Wildman–Crippen LogP) is 2.74. The number of pyridine rings is 1. The number of halogens is 2. The standard InChI is InChI=1S/C17H17Cl2N3O5S/c1-10-13(18)8-14(19)16(20-10)21-15(23)9-27-17(24)11-4-6-12(7-5-11)28(25,26)22(2)3/h4-8H,9H2,1-3H3,(H,20,21,23). The number of ether oxygens (including phenoxy) is 1. The lowest BCUT2D eigenvalue weighted by atomic mass is 10.2. The van der Waals surface area contributed by atoms with Crippen LogP contribution in [0, 0.1) is 6.92 Å². The zero-order valence-corrected chi connectivity index (χ0v) is 17.5. The number of aryl methyl sites for hydroxylation is 1. The number of aromatic nitrogens is 1. The summed E-state index contributed by atoms with van der Waals surface area (Å²) in [6, 6.07) is 6.62. The zero-order chi connectivity index (χ0) is 21.1. The van der Waals surface area contributed by atoms with E-state index in [1.54, 1.807) is 6.92 Å². The molecule has 1 heterocycles. The molecule has 0 aliphatic rings. The van der Waals surface area contributed by atoms with Crippen LogP contribution < -0.4 is 5.32 Å². The molecule has 0 spiro atoms. The van der Waals surface area contributed by atoms with E-state index in [9.17, 15) is 18.0 Å². The Bertz CT molecular complexity index is 1010. The van der Waals surface area contributed by atoms with Crippen LogP contribution >= 0.6 is 23.2 Å². The maximum atomic E-state index is 12.0. The summed E-state index contributed by atoms with van der Waals surface area (Å²) in [5.74, 6) is -1.32. The van der Waals surface area contributed by atoms with E-state index in [-0.39, 0.29) is 21.3 Å². The van der Waals surface area contributed by atoms with Gasteiger partial charge in [0.25, 0.3) is 5.91 Å². The lowest BCUT2D eigenvalue weighted by Crippen LogP contribution is -2.23. The van der Waals surface area contributed by atoms with Crippen LogP contribution in [0.15, 0.2) is 35.2 Å². The Morgan fingerprint density at radius 1 is 1.14 bits per heavy atom. The first kappa shape index (κ1) is 22.1. The molecular weight excluding hydrogens is 429 g/mol. The van der Waals surface area contributed by atoms with Gasteiger partial charge in [-0.05, 0) is 37.3 Å². The first-order valence-electron chi connectivity index (χ1n) is 7.84. The number of anilines is 1. The minimum atomic E-state index is -3.60. The molecule has 1 amide bonds. The molecule has 8 nitrogen and oxygen atoms in total. The Balaban J connectivity index is 1.98. The first-order chi connectivity index (χ1) is 13.0. The predicted molar refractivity (Wildman–Crippen MR) is 105 cm³/mol. The van der Waals surface area contributed by atoms with E-state index in [2.05, 4.69) is 10.3 Å². The molecule has 11 heteroatoms. The number of carbonyl (C=O) groups excluding carboxylic acids is 2. The van der Waals surface area contributed by atoms with Crippen LogP contribution in [0.2, 0.25) is 10.0 Å². The number of nitrogens with zero attached hydrogens (tertiary/aromatic N) is 2. The lowest BCUT2D eigenvalue weighted by molar-refractivity contribution is -0.119. The van der Waals surface area contributed by atoms with Gasteiger partial charge in [-0.3, -0.25) is 4.79 Å². The van der Waals surface area contributed by atoms with Crippen molar-refractivity contribution in [2.45, 2.75) is 11.8 Å². The minimum Gasteiger partial charge on any atom is -0.452 e. The third-order valence-electron chi connectivity index (χ3n) is 3.57. The highest BCUT2D eigenvalue weighted by molar-refractivity contribution is 7.89. The summed E-state index contributed by atoms with van der Waals surface area (Å²) in [5, 5.41) is 2.93. The Morgan fingerprint density at radius 3 is 2.32 bits per heavy atom. The number of nitrogens with one attached hydrogen (secondary N) is 1. The van der Waals surface area contributed by atoms with Crippen LogP contribution in [0.4, 0.5) is 5.82 Å². The summed E-state index contributed by atoms with van der Waals surface area (Å²) in [4.78, 5) is 28.1. The van der Waals surface area contributed by atoms with Crippen molar-refractivity contribution in [2.24, 2.45) is 0 Å². The molecule has 0 radical (unpaired) electrons. The van der Waals surface area contributed by atoms with Gasteiger partial charge in [-0.1, -0.05) is 23.2 Å². The third kappa shape index (κ3) is 5.20. The number of hydrogen-bond acceptors (Lipinski definition) is 6. The zero-order valence-electron chi connectivity index (χ0n) is 15.2. The van der Waals surface area contributed by atoms with E-state index in [4.69, 9.17) is 27.9 Å².